The van der Waals surface area contributed by atoms with E-state index < -0.39 is 10.0 Å². The quantitative estimate of drug-likeness (QED) is 0.360. The van der Waals surface area contributed by atoms with Crippen LogP contribution in [0.1, 0.15) is 13.8 Å². The van der Waals surface area contributed by atoms with Crippen molar-refractivity contribution < 1.29 is 22.6 Å². The first-order valence-corrected chi connectivity index (χ1v) is 12.0. The smallest absolute Gasteiger partial charge is 0.265 e. The molecule has 11 heteroatoms. The zero-order valence-corrected chi connectivity index (χ0v) is 19.4. The molecule has 34 heavy (non-hydrogen) atoms. The van der Waals surface area contributed by atoms with Gasteiger partial charge in [0.05, 0.1) is 13.2 Å². The molecule has 0 aliphatic rings. The maximum atomic E-state index is 13.0. The van der Waals surface area contributed by atoms with Crippen LogP contribution >= 0.6 is 0 Å². The van der Waals surface area contributed by atoms with E-state index in [1.165, 1.54) is 6.07 Å². The van der Waals surface area contributed by atoms with Crippen LogP contribution in [0, 0.1) is 0 Å². The van der Waals surface area contributed by atoms with Gasteiger partial charge in [0.25, 0.3) is 10.0 Å². The van der Waals surface area contributed by atoms with E-state index in [9.17, 15) is 8.42 Å². The van der Waals surface area contributed by atoms with Crippen LogP contribution in [0.25, 0.3) is 5.82 Å². The molecule has 0 saturated carbocycles. The summed E-state index contributed by atoms with van der Waals surface area (Å²) >= 11 is 0. The number of imidazole rings is 1. The first-order valence-electron chi connectivity index (χ1n) is 10.5. The molecular weight excluding hydrogens is 458 g/mol. The number of anilines is 1. The highest BCUT2D eigenvalue weighted by atomic mass is 32.2. The van der Waals surface area contributed by atoms with E-state index >= 15 is 0 Å². The molecule has 0 amide bonds. The molecule has 0 saturated heterocycles. The van der Waals surface area contributed by atoms with Crippen LogP contribution in [0.5, 0.6) is 23.1 Å². The van der Waals surface area contributed by atoms with Crippen molar-refractivity contribution in [3.8, 4) is 28.9 Å². The normalized spacial score (nSPS) is 11.1. The molecule has 0 aliphatic carbocycles. The van der Waals surface area contributed by atoms with E-state index in [1.54, 1.807) is 78.7 Å². The number of sulfonamides is 1. The second-order valence-electron chi connectivity index (χ2n) is 6.91. The van der Waals surface area contributed by atoms with Gasteiger partial charge >= 0.3 is 0 Å². The summed E-state index contributed by atoms with van der Waals surface area (Å²) in [6.07, 6.45) is 5.03. The molecule has 0 spiro atoms. The van der Waals surface area contributed by atoms with Gasteiger partial charge in [-0.1, -0.05) is 0 Å². The lowest BCUT2D eigenvalue weighted by Crippen LogP contribution is -2.14. The Bertz CT molecular complexity index is 1330. The Labute approximate surface area is 197 Å². The second kappa shape index (κ2) is 10.2. The Morgan fingerprint density at radius 3 is 2.32 bits per heavy atom. The third kappa shape index (κ3) is 5.44. The molecule has 0 radical (unpaired) electrons. The van der Waals surface area contributed by atoms with Crippen LogP contribution in [0.4, 0.5) is 5.69 Å². The molecule has 0 fully saturated rings. The van der Waals surface area contributed by atoms with Crippen molar-refractivity contribution in [1.29, 1.82) is 0 Å². The van der Waals surface area contributed by atoms with E-state index in [4.69, 9.17) is 14.2 Å². The van der Waals surface area contributed by atoms with Crippen molar-refractivity contribution in [3.05, 3.63) is 73.3 Å². The van der Waals surface area contributed by atoms with Crippen LogP contribution < -0.4 is 18.9 Å². The van der Waals surface area contributed by atoms with Gasteiger partial charge in [0.1, 0.15) is 28.5 Å². The Hall–Kier alpha value is -4.12. The molecule has 10 nitrogen and oxygen atoms in total. The molecule has 176 valence electrons. The van der Waals surface area contributed by atoms with Gasteiger partial charge in [-0.2, -0.15) is 0 Å². The molecule has 2 aromatic carbocycles. The Balaban J connectivity index is 1.46. The van der Waals surface area contributed by atoms with Crippen LogP contribution in [0.2, 0.25) is 0 Å². The van der Waals surface area contributed by atoms with Crippen LogP contribution in [-0.4, -0.2) is 41.4 Å². The number of hydrogen-bond acceptors (Lipinski definition) is 8. The van der Waals surface area contributed by atoms with Crippen molar-refractivity contribution in [2.75, 3.05) is 17.9 Å². The minimum absolute atomic E-state index is 0.0198. The predicted molar refractivity (Wildman–Crippen MR) is 125 cm³/mol. The summed E-state index contributed by atoms with van der Waals surface area (Å²) in [5.74, 6) is 2.14. The molecule has 0 bridgehead atoms. The second-order valence-corrected chi connectivity index (χ2v) is 8.56. The van der Waals surface area contributed by atoms with Crippen molar-refractivity contribution in [3.63, 3.8) is 0 Å². The van der Waals surface area contributed by atoms with E-state index in [2.05, 4.69) is 19.9 Å². The summed E-state index contributed by atoms with van der Waals surface area (Å²) in [5, 5.41) is 8.14. The number of nitrogens with one attached hydrogen (secondary N) is 1. The van der Waals surface area contributed by atoms with Gasteiger partial charge in [0.2, 0.25) is 5.88 Å². The summed E-state index contributed by atoms with van der Waals surface area (Å²) in [6, 6.07) is 14.5. The Morgan fingerprint density at radius 2 is 1.68 bits per heavy atom. The lowest BCUT2D eigenvalue weighted by atomic mass is 10.3. The van der Waals surface area contributed by atoms with Crippen molar-refractivity contribution in [2.45, 2.75) is 18.7 Å². The first kappa shape index (κ1) is 23.1. The number of hydrogen-bond donors (Lipinski definition) is 1. The van der Waals surface area contributed by atoms with E-state index in [1.807, 2.05) is 6.92 Å². The molecule has 0 unspecified atom stereocenters. The maximum Gasteiger partial charge on any atom is 0.265 e. The van der Waals surface area contributed by atoms with Gasteiger partial charge in [-0.05, 0) is 56.3 Å². The van der Waals surface area contributed by atoms with Gasteiger partial charge in [-0.3, -0.25) is 9.29 Å². The number of aromatic nitrogens is 4. The Kier molecular flexibility index (Phi) is 6.93. The predicted octanol–water partition coefficient (Wildman–Crippen LogP) is 4.05. The fourth-order valence-electron chi connectivity index (χ4n) is 3.06. The zero-order valence-electron chi connectivity index (χ0n) is 18.6. The highest BCUT2D eigenvalue weighted by molar-refractivity contribution is 7.92. The van der Waals surface area contributed by atoms with Crippen LogP contribution in [0.3, 0.4) is 0 Å². The molecule has 1 N–H and O–H groups in total. The monoisotopic (exact) mass is 481 g/mol. The SMILES string of the molecule is CCOc1ccc(S(=O)(=O)Nc2ccc(Oc3ccc(-n4ccnc4)nn3)cc2)c(OCC)c1. The third-order valence-electron chi connectivity index (χ3n) is 4.54. The van der Waals surface area contributed by atoms with Crippen molar-refractivity contribution in [2.24, 2.45) is 0 Å². The van der Waals surface area contributed by atoms with Gasteiger partial charge in [0, 0.05) is 30.2 Å². The van der Waals surface area contributed by atoms with Crippen molar-refractivity contribution >= 4 is 15.7 Å². The van der Waals surface area contributed by atoms with Gasteiger partial charge < -0.3 is 14.2 Å². The topological polar surface area (TPSA) is 117 Å². The lowest BCUT2D eigenvalue weighted by Gasteiger charge is -2.14. The number of rotatable bonds is 10. The zero-order chi connectivity index (χ0) is 24.0. The Morgan fingerprint density at radius 1 is 0.912 bits per heavy atom. The first-order chi connectivity index (χ1) is 16.5. The molecule has 0 aliphatic heterocycles. The van der Waals surface area contributed by atoms with Crippen LogP contribution in [0.15, 0.2) is 78.2 Å². The highest BCUT2D eigenvalue weighted by Crippen LogP contribution is 2.31. The fourth-order valence-corrected chi connectivity index (χ4v) is 4.24. The van der Waals surface area contributed by atoms with E-state index in [-0.39, 0.29) is 10.6 Å². The molecule has 4 rings (SSSR count). The fraction of sp³-hybridized carbons (Fsp3) is 0.174. The average Bonchev–Trinajstić information content (AvgIpc) is 3.36. The van der Waals surface area contributed by atoms with Gasteiger partial charge in [0.15, 0.2) is 5.82 Å². The molecule has 2 aromatic heterocycles. The molecular formula is C23H23N5O5S. The molecule has 0 atom stereocenters. The summed E-state index contributed by atoms with van der Waals surface area (Å²) in [5.41, 5.74) is 0.366. The summed E-state index contributed by atoms with van der Waals surface area (Å²) < 4.78 is 46.9. The summed E-state index contributed by atoms with van der Waals surface area (Å²) in [4.78, 5) is 3.99. The van der Waals surface area contributed by atoms with Crippen molar-refractivity contribution in [1.82, 2.24) is 19.7 Å². The summed E-state index contributed by atoms with van der Waals surface area (Å²) in [6.45, 7) is 4.41. The average molecular weight is 482 g/mol. The largest absolute Gasteiger partial charge is 0.494 e. The third-order valence-corrected chi connectivity index (χ3v) is 5.96. The molecule has 4 aromatic rings. The summed E-state index contributed by atoms with van der Waals surface area (Å²) in [7, 11) is -3.90. The number of benzene rings is 2. The minimum Gasteiger partial charge on any atom is -0.494 e. The maximum absolute atomic E-state index is 13.0. The number of ether oxygens (including phenoxy) is 3. The van der Waals surface area contributed by atoms with Gasteiger partial charge in [-0.15, -0.1) is 10.2 Å². The minimum atomic E-state index is -3.90. The highest BCUT2D eigenvalue weighted by Gasteiger charge is 2.21. The van der Waals surface area contributed by atoms with E-state index in [0.717, 1.165) is 0 Å². The van der Waals surface area contributed by atoms with Gasteiger partial charge in [-0.25, -0.2) is 13.4 Å². The van der Waals surface area contributed by atoms with E-state index in [0.29, 0.717) is 42.1 Å². The lowest BCUT2D eigenvalue weighted by molar-refractivity contribution is 0.317. The number of nitrogens with zero attached hydrogens (tertiary/aromatic N) is 4. The molecule has 2 heterocycles. The van der Waals surface area contributed by atoms with Crippen LogP contribution in [-0.2, 0) is 10.0 Å². The standard InChI is InChI=1S/C23H23N5O5S/c1-3-31-19-9-10-21(20(15-19)32-4-2)34(29,30)27-17-5-7-18(8-6-17)33-23-12-11-22(25-26-23)28-14-13-24-16-28/h5-16,27H,3-4H2,1-2H3.